The van der Waals surface area contributed by atoms with Crippen molar-refractivity contribution in [2.45, 2.75) is 50.8 Å². The minimum atomic E-state index is 0.0332. The molecule has 0 N–H and O–H groups in total. The molecule has 10 rings (SSSR count). The van der Waals surface area contributed by atoms with Crippen LogP contribution >= 0.6 is 11.8 Å². The lowest BCUT2D eigenvalue weighted by Gasteiger charge is -2.48. The van der Waals surface area contributed by atoms with Crippen molar-refractivity contribution in [3.8, 4) is 11.1 Å². The summed E-state index contributed by atoms with van der Waals surface area (Å²) in [6.07, 6.45) is 10.2. The second kappa shape index (κ2) is 11.3. The van der Waals surface area contributed by atoms with Gasteiger partial charge in [-0.2, -0.15) is 0 Å². The van der Waals surface area contributed by atoms with E-state index >= 15 is 0 Å². The van der Waals surface area contributed by atoms with Crippen LogP contribution < -0.4 is 20.6 Å². The molecular formula is C45H37BN2S. The Morgan fingerprint density at radius 2 is 1.57 bits per heavy atom. The van der Waals surface area contributed by atoms with E-state index in [4.69, 9.17) is 0 Å². The van der Waals surface area contributed by atoms with E-state index in [1.807, 2.05) is 11.8 Å². The average molecular weight is 649 g/mol. The number of hydrogen-bond donors (Lipinski definition) is 0. The molecule has 3 aliphatic heterocycles. The Kier molecular flexibility index (Phi) is 6.71. The maximum absolute atomic E-state index is 2.71. The minimum absolute atomic E-state index is 0.0332. The third-order valence-corrected chi connectivity index (χ3v) is 12.2. The second-order valence-electron chi connectivity index (χ2n) is 13.9. The zero-order chi connectivity index (χ0) is 32.6. The normalized spacial score (nSPS) is 15.5. The first kappa shape index (κ1) is 29.0. The summed E-state index contributed by atoms with van der Waals surface area (Å²) in [5, 5.41) is 2.57. The molecule has 0 saturated carbocycles. The van der Waals surface area contributed by atoms with E-state index in [9.17, 15) is 0 Å². The van der Waals surface area contributed by atoms with Crippen molar-refractivity contribution in [2.24, 2.45) is 0 Å². The number of thioether (sulfide) groups is 1. The molecule has 0 atom stereocenters. The van der Waals surface area contributed by atoms with Gasteiger partial charge in [-0.05, 0) is 100 Å². The predicted molar refractivity (Wildman–Crippen MR) is 211 cm³/mol. The molecule has 0 aromatic heterocycles. The van der Waals surface area contributed by atoms with Crippen molar-refractivity contribution in [1.82, 2.24) is 0 Å². The third-order valence-electron chi connectivity index (χ3n) is 10.9. The van der Waals surface area contributed by atoms with E-state index in [0.29, 0.717) is 0 Å². The Balaban J connectivity index is 1.35. The number of aryl methyl sites for hydroxylation is 2. The second-order valence-corrected chi connectivity index (χ2v) is 15.0. The zero-order valence-electron chi connectivity index (χ0n) is 28.0. The largest absolute Gasteiger partial charge is 0.373 e. The van der Waals surface area contributed by atoms with Gasteiger partial charge in [0.05, 0.1) is 22.7 Å². The highest BCUT2D eigenvalue weighted by Crippen LogP contribution is 2.60. The molecule has 49 heavy (non-hydrogen) atoms. The zero-order valence-corrected chi connectivity index (χ0v) is 28.9. The van der Waals surface area contributed by atoms with Crippen LogP contribution in [0.15, 0.2) is 143 Å². The summed E-state index contributed by atoms with van der Waals surface area (Å²) in [6.45, 7) is 4.59. The van der Waals surface area contributed by atoms with Crippen LogP contribution in [0.3, 0.4) is 0 Å². The SMILES string of the molecule is CCCc1cccc2c1N(c1ccccc1C)c1c3c(cc4ccccc14)-c1cc4c(cc1B(c1ccccc1)N23)CC1=C(CCC=C1)S4. The Morgan fingerprint density at radius 1 is 0.755 bits per heavy atom. The van der Waals surface area contributed by atoms with Gasteiger partial charge in [0.2, 0.25) is 0 Å². The Hall–Kier alpha value is -4.93. The van der Waals surface area contributed by atoms with E-state index in [0.717, 1.165) is 32.1 Å². The molecule has 0 spiro atoms. The van der Waals surface area contributed by atoms with Gasteiger partial charge in [-0.1, -0.05) is 134 Å². The Bertz CT molecular complexity index is 2390. The molecule has 236 valence electrons. The number of fused-ring (bicyclic) bond motifs is 7. The fraction of sp³-hybridized carbons (Fsp3) is 0.156. The van der Waals surface area contributed by atoms with Crippen molar-refractivity contribution in [3.05, 3.63) is 155 Å². The summed E-state index contributed by atoms with van der Waals surface area (Å²) in [4.78, 5) is 8.31. The minimum Gasteiger partial charge on any atom is -0.373 e. The molecule has 0 unspecified atom stereocenters. The third kappa shape index (κ3) is 4.36. The van der Waals surface area contributed by atoms with Crippen LogP contribution in [0.2, 0.25) is 0 Å². The highest BCUT2D eigenvalue weighted by molar-refractivity contribution is 8.03. The van der Waals surface area contributed by atoms with E-state index in [2.05, 4.69) is 151 Å². The van der Waals surface area contributed by atoms with Crippen LogP contribution in [0.25, 0.3) is 21.9 Å². The highest BCUT2D eigenvalue weighted by Gasteiger charge is 2.45. The summed E-state index contributed by atoms with van der Waals surface area (Å²) >= 11 is 2.01. The van der Waals surface area contributed by atoms with Crippen molar-refractivity contribution in [1.29, 1.82) is 0 Å². The van der Waals surface area contributed by atoms with Gasteiger partial charge in [0.1, 0.15) is 0 Å². The summed E-state index contributed by atoms with van der Waals surface area (Å²) in [7, 11) is 0. The molecule has 3 heterocycles. The van der Waals surface area contributed by atoms with Gasteiger partial charge in [-0.15, -0.1) is 0 Å². The number of nitrogens with zero attached hydrogens (tertiary/aromatic N) is 2. The van der Waals surface area contributed by atoms with E-state index in [1.165, 1.54) is 88.4 Å². The number of rotatable bonds is 4. The van der Waals surface area contributed by atoms with Crippen LogP contribution in [0, 0.1) is 6.92 Å². The van der Waals surface area contributed by atoms with Crippen molar-refractivity contribution in [2.75, 3.05) is 9.71 Å². The molecule has 2 nitrogen and oxygen atoms in total. The molecule has 1 aliphatic carbocycles. The van der Waals surface area contributed by atoms with Crippen molar-refractivity contribution >= 4 is 68.7 Å². The van der Waals surface area contributed by atoms with Gasteiger partial charge in [0.15, 0.2) is 0 Å². The standard InChI is InChI=1S/C45H37BN2S/c1-3-14-30-18-13-23-40-43(30)47(39-22-11-7-15-29(39)2)44-35-21-10-8-16-31(35)26-37-36-28-42-33(25-32-17-9-12-24-41(32)49-42)27-38(36)46(48(40)45(37)44)34-19-5-4-6-20-34/h4-11,13,15-23,26-28H,3,12,14,24-25H2,1-2H3. The maximum atomic E-state index is 2.71. The summed E-state index contributed by atoms with van der Waals surface area (Å²) < 4.78 is 0. The van der Waals surface area contributed by atoms with Gasteiger partial charge < -0.3 is 9.71 Å². The van der Waals surface area contributed by atoms with Crippen molar-refractivity contribution in [3.63, 3.8) is 0 Å². The molecule has 0 radical (unpaired) electrons. The molecule has 6 aromatic carbocycles. The molecule has 4 aliphatic rings. The Labute approximate surface area is 293 Å². The number of benzene rings is 6. The smallest absolute Gasteiger partial charge is 0.328 e. The monoisotopic (exact) mass is 648 g/mol. The summed E-state index contributed by atoms with van der Waals surface area (Å²) in [6, 6.07) is 43.8. The van der Waals surface area contributed by atoms with Crippen LogP contribution in [0.1, 0.15) is 42.9 Å². The first-order valence-corrected chi connectivity index (χ1v) is 18.6. The highest BCUT2D eigenvalue weighted by atomic mass is 32.2. The number of anilines is 5. The van der Waals surface area contributed by atoms with E-state index in [-0.39, 0.29) is 6.85 Å². The van der Waals surface area contributed by atoms with Crippen LogP contribution in [-0.4, -0.2) is 6.85 Å². The predicted octanol–water partition coefficient (Wildman–Crippen LogP) is 11.1. The molecule has 4 heteroatoms. The van der Waals surface area contributed by atoms with E-state index in [1.54, 1.807) is 4.91 Å². The first-order valence-electron chi connectivity index (χ1n) is 17.8. The fourth-order valence-electron chi connectivity index (χ4n) is 8.80. The topological polar surface area (TPSA) is 6.48 Å². The lowest BCUT2D eigenvalue weighted by Crippen LogP contribution is -2.58. The lowest BCUT2D eigenvalue weighted by molar-refractivity contribution is 0.917. The van der Waals surface area contributed by atoms with Gasteiger partial charge >= 0.3 is 6.85 Å². The number of allylic oxidation sites excluding steroid dienone is 4. The van der Waals surface area contributed by atoms with Gasteiger partial charge in [0, 0.05) is 21.5 Å². The molecule has 0 saturated heterocycles. The number of hydrogen-bond acceptors (Lipinski definition) is 3. The van der Waals surface area contributed by atoms with Crippen molar-refractivity contribution < 1.29 is 0 Å². The van der Waals surface area contributed by atoms with Gasteiger partial charge in [0.25, 0.3) is 0 Å². The average Bonchev–Trinajstić information content (AvgIpc) is 3.14. The lowest BCUT2D eigenvalue weighted by atomic mass is 9.45. The van der Waals surface area contributed by atoms with Gasteiger partial charge in [-0.25, -0.2) is 0 Å². The molecule has 0 amide bonds. The molecule has 6 aromatic rings. The Morgan fingerprint density at radius 3 is 2.45 bits per heavy atom. The van der Waals surface area contributed by atoms with Crippen LogP contribution in [-0.2, 0) is 12.8 Å². The summed E-state index contributed by atoms with van der Waals surface area (Å²) in [5.41, 5.74) is 17.5. The van der Waals surface area contributed by atoms with E-state index < -0.39 is 0 Å². The number of para-hydroxylation sites is 2. The molecule has 0 bridgehead atoms. The maximum Gasteiger partial charge on any atom is 0.328 e. The quantitative estimate of drug-likeness (QED) is 0.176. The first-order chi connectivity index (χ1) is 24.2. The molecule has 0 fully saturated rings. The molecular weight excluding hydrogens is 611 g/mol. The fourth-order valence-corrected chi connectivity index (χ4v) is 9.99. The van der Waals surface area contributed by atoms with Crippen LogP contribution in [0.4, 0.5) is 28.4 Å². The van der Waals surface area contributed by atoms with Crippen LogP contribution in [0.5, 0.6) is 0 Å². The summed E-state index contributed by atoms with van der Waals surface area (Å²) in [5.74, 6) is 0. The van der Waals surface area contributed by atoms with Gasteiger partial charge in [-0.3, -0.25) is 0 Å².